The molecule has 0 aromatic heterocycles. The molecule has 0 unspecified atom stereocenters. The fourth-order valence-electron chi connectivity index (χ4n) is 5.08. The summed E-state index contributed by atoms with van der Waals surface area (Å²) in [5.74, 6) is 0.843. The number of hydrogen-bond donors (Lipinski definition) is 2. The van der Waals surface area contributed by atoms with E-state index in [2.05, 4.69) is 22.8 Å². The van der Waals surface area contributed by atoms with Crippen molar-refractivity contribution in [3.8, 4) is 11.5 Å². The number of nitrogens with one attached hydrogen (secondary N) is 2. The van der Waals surface area contributed by atoms with Crippen LogP contribution in [0.4, 0.5) is 10.1 Å². The van der Waals surface area contributed by atoms with Crippen LogP contribution in [0.25, 0.3) is 0 Å². The number of hydrogen-bond acceptors (Lipinski definition) is 4. The predicted molar refractivity (Wildman–Crippen MR) is 136 cm³/mol. The van der Waals surface area contributed by atoms with E-state index in [1.54, 1.807) is 41.3 Å². The van der Waals surface area contributed by atoms with Crippen molar-refractivity contribution < 1.29 is 18.7 Å². The van der Waals surface area contributed by atoms with Crippen molar-refractivity contribution in [2.24, 2.45) is 5.92 Å². The minimum Gasteiger partial charge on any atom is -0.457 e. The first kappa shape index (κ1) is 24.0. The van der Waals surface area contributed by atoms with Crippen LogP contribution in [-0.2, 0) is 16.0 Å². The summed E-state index contributed by atoms with van der Waals surface area (Å²) in [5.41, 5.74) is 1.84. The molecular weight excluding hydrogens is 457 g/mol. The smallest absolute Gasteiger partial charge is 0.247 e. The van der Waals surface area contributed by atoms with Gasteiger partial charge in [0.2, 0.25) is 11.8 Å². The van der Waals surface area contributed by atoms with Gasteiger partial charge in [0.25, 0.3) is 0 Å². The Hall–Kier alpha value is -3.71. The zero-order valence-electron chi connectivity index (χ0n) is 20.0. The first-order valence-electron chi connectivity index (χ1n) is 12.5. The van der Waals surface area contributed by atoms with Crippen LogP contribution in [0.5, 0.6) is 11.5 Å². The van der Waals surface area contributed by atoms with E-state index >= 15 is 0 Å². The maximum atomic E-state index is 13.4. The molecule has 3 atom stereocenters. The lowest BCUT2D eigenvalue weighted by molar-refractivity contribution is -0.138. The van der Waals surface area contributed by atoms with E-state index in [1.165, 1.54) is 17.7 Å². The molecule has 3 aromatic carbocycles. The van der Waals surface area contributed by atoms with Crippen LogP contribution >= 0.6 is 0 Å². The van der Waals surface area contributed by atoms with Crippen molar-refractivity contribution in [3.63, 3.8) is 0 Å². The quantitative estimate of drug-likeness (QED) is 0.504. The summed E-state index contributed by atoms with van der Waals surface area (Å²) in [5, 5.41) is 6.26. The van der Waals surface area contributed by atoms with Crippen LogP contribution in [-0.4, -0.2) is 41.9 Å². The van der Waals surface area contributed by atoms with Gasteiger partial charge in [-0.1, -0.05) is 30.3 Å². The van der Waals surface area contributed by atoms with Crippen LogP contribution in [0.15, 0.2) is 78.9 Å². The average molecular weight is 488 g/mol. The number of amides is 2. The summed E-state index contributed by atoms with van der Waals surface area (Å²) in [6, 6.07) is 22.3. The normalized spacial score (nSPS) is 21.4. The Bertz CT molecular complexity index is 1180. The van der Waals surface area contributed by atoms with Gasteiger partial charge in [0.05, 0.1) is 6.04 Å². The Labute approximate surface area is 210 Å². The van der Waals surface area contributed by atoms with Crippen molar-refractivity contribution in [1.29, 1.82) is 0 Å². The van der Waals surface area contributed by atoms with E-state index in [9.17, 15) is 14.0 Å². The second-order valence-corrected chi connectivity index (χ2v) is 9.52. The van der Waals surface area contributed by atoms with Gasteiger partial charge in [0.15, 0.2) is 0 Å². The molecule has 2 saturated heterocycles. The third kappa shape index (κ3) is 5.74. The number of anilines is 1. The molecule has 0 saturated carbocycles. The third-order valence-electron chi connectivity index (χ3n) is 6.87. The minimum absolute atomic E-state index is 0.0197. The number of benzene rings is 3. The van der Waals surface area contributed by atoms with Gasteiger partial charge in [-0.2, -0.15) is 0 Å². The number of halogens is 1. The van der Waals surface area contributed by atoms with Crippen LogP contribution in [0, 0.1) is 11.7 Å². The summed E-state index contributed by atoms with van der Waals surface area (Å²) in [4.78, 5) is 28.4. The Kier molecular flexibility index (Phi) is 7.28. The first-order chi connectivity index (χ1) is 17.5. The third-order valence-corrected chi connectivity index (χ3v) is 6.87. The lowest BCUT2D eigenvalue weighted by atomic mass is 9.96. The highest BCUT2D eigenvalue weighted by atomic mass is 19.1. The number of ether oxygens (including phenoxy) is 1. The molecular formula is C29H30FN3O3. The monoisotopic (exact) mass is 487 g/mol. The van der Waals surface area contributed by atoms with Gasteiger partial charge in [0, 0.05) is 12.2 Å². The molecule has 3 aromatic rings. The molecule has 36 heavy (non-hydrogen) atoms. The van der Waals surface area contributed by atoms with Crippen molar-refractivity contribution in [2.75, 3.05) is 18.4 Å². The fourth-order valence-corrected chi connectivity index (χ4v) is 5.08. The number of carbonyl (C=O) groups excluding carboxylic acids is 2. The van der Waals surface area contributed by atoms with Gasteiger partial charge in [-0.25, -0.2) is 4.39 Å². The molecule has 2 N–H and O–H groups in total. The minimum atomic E-state index is -0.510. The van der Waals surface area contributed by atoms with E-state index in [1.807, 2.05) is 18.2 Å². The molecule has 2 aliphatic rings. The van der Waals surface area contributed by atoms with E-state index < -0.39 is 6.04 Å². The van der Waals surface area contributed by atoms with Crippen molar-refractivity contribution in [2.45, 2.75) is 37.8 Å². The van der Waals surface area contributed by atoms with Gasteiger partial charge in [-0.15, -0.1) is 0 Å². The van der Waals surface area contributed by atoms with Gasteiger partial charge >= 0.3 is 0 Å². The van der Waals surface area contributed by atoms with Crippen molar-refractivity contribution in [1.82, 2.24) is 10.2 Å². The standard InChI is InChI=1S/C29H30FN3O3/c30-22-8-12-24(13-9-22)36-25-14-10-23(11-15-25)32-28(34)27-18-21(17-20-5-2-1-3-6-20)19-33(27)29(35)26-7-4-16-31-26/h1-3,5-6,8-15,21,26-27,31H,4,7,16-19H2,(H,32,34)/t21-,26+,27+/m1/s1. The predicted octanol–water partition coefficient (Wildman–Crippen LogP) is 4.77. The Balaban J connectivity index is 1.26. The van der Waals surface area contributed by atoms with E-state index in [0.717, 1.165) is 25.8 Å². The zero-order valence-corrected chi connectivity index (χ0v) is 20.0. The Morgan fingerprint density at radius 3 is 2.33 bits per heavy atom. The van der Waals surface area contributed by atoms with E-state index in [0.29, 0.717) is 30.2 Å². The molecule has 2 fully saturated rings. The summed E-state index contributed by atoms with van der Waals surface area (Å²) in [6.45, 7) is 1.41. The molecule has 0 radical (unpaired) electrons. The largest absolute Gasteiger partial charge is 0.457 e. The summed E-state index contributed by atoms with van der Waals surface area (Å²) in [7, 11) is 0. The molecule has 2 heterocycles. The van der Waals surface area contributed by atoms with Crippen LogP contribution in [0.3, 0.4) is 0 Å². The first-order valence-corrected chi connectivity index (χ1v) is 12.5. The topological polar surface area (TPSA) is 70.7 Å². The maximum absolute atomic E-state index is 13.4. The molecule has 2 aliphatic heterocycles. The molecule has 0 aliphatic carbocycles. The number of carbonyl (C=O) groups is 2. The molecule has 0 bridgehead atoms. The van der Waals surface area contributed by atoms with Gasteiger partial charge in [-0.3, -0.25) is 9.59 Å². The van der Waals surface area contributed by atoms with Crippen LogP contribution < -0.4 is 15.4 Å². The lowest BCUT2D eigenvalue weighted by Crippen LogP contribution is -2.49. The van der Waals surface area contributed by atoms with E-state index in [-0.39, 0.29) is 29.6 Å². The Morgan fingerprint density at radius 1 is 0.972 bits per heavy atom. The summed E-state index contributed by atoms with van der Waals surface area (Å²) >= 11 is 0. The molecule has 186 valence electrons. The van der Waals surface area contributed by atoms with Crippen LogP contribution in [0.1, 0.15) is 24.8 Å². The van der Waals surface area contributed by atoms with Gasteiger partial charge < -0.3 is 20.3 Å². The highest BCUT2D eigenvalue weighted by Gasteiger charge is 2.42. The number of nitrogens with zero attached hydrogens (tertiary/aromatic N) is 1. The molecule has 2 amide bonds. The average Bonchev–Trinajstić information content (AvgIpc) is 3.58. The lowest BCUT2D eigenvalue weighted by Gasteiger charge is -2.26. The SMILES string of the molecule is O=C(Nc1ccc(Oc2ccc(F)cc2)cc1)[C@@H]1C[C@@H](Cc2ccccc2)CN1C(=O)[C@@H]1CCCN1. The second-order valence-electron chi connectivity index (χ2n) is 9.52. The second kappa shape index (κ2) is 10.9. The molecule has 5 rings (SSSR count). The maximum Gasteiger partial charge on any atom is 0.247 e. The molecule has 0 spiro atoms. The van der Waals surface area contributed by atoms with Crippen LogP contribution in [0.2, 0.25) is 0 Å². The van der Waals surface area contributed by atoms with E-state index in [4.69, 9.17) is 4.74 Å². The number of rotatable bonds is 7. The fraction of sp³-hybridized carbons (Fsp3) is 0.310. The van der Waals surface area contributed by atoms with Crippen molar-refractivity contribution >= 4 is 17.5 Å². The Morgan fingerprint density at radius 2 is 1.67 bits per heavy atom. The number of likely N-dealkylation sites (tertiary alicyclic amines) is 1. The summed E-state index contributed by atoms with van der Waals surface area (Å²) < 4.78 is 18.8. The molecule has 6 nitrogen and oxygen atoms in total. The highest BCUT2D eigenvalue weighted by Crippen LogP contribution is 2.30. The van der Waals surface area contributed by atoms with Crippen molar-refractivity contribution in [3.05, 3.63) is 90.2 Å². The summed E-state index contributed by atoms with van der Waals surface area (Å²) in [6.07, 6.45) is 3.25. The zero-order chi connectivity index (χ0) is 24.9. The van der Waals surface area contributed by atoms with Gasteiger partial charge in [0.1, 0.15) is 23.4 Å². The van der Waals surface area contributed by atoms with Gasteiger partial charge in [-0.05, 0) is 92.2 Å². The molecule has 7 heteroatoms. The highest BCUT2D eigenvalue weighted by molar-refractivity contribution is 5.98.